The second-order valence-corrected chi connectivity index (χ2v) is 11.3. The molecule has 2 N–H and O–H groups in total. The quantitative estimate of drug-likeness (QED) is 0.332. The molecule has 208 valence electrons. The normalized spacial score (nSPS) is 28.4. The molecule has 5 atom stereocenters. The first-order valence-electron chi connectivity index (χ1n) is 12.3. The van der Waals surface area contributed by atoms with Crippen molar-refractivity contribution in [1.29, 1.82) is 0 Å². The molecule has 4 heterocycles. The van der Waals surface area contributed by atoms with Gasteiger partial charge in [-0.2, -0.15) is 5.10 Å². The van der Waals surface area contributed by atoms with E-state index in [0.717, 1.165) is 0 Å². The lowest BCUT2D eigenvalue weighted by Crippen LogP contribution is -2.45. The lowest BCUT2D eigenvalue weighted by atomic mass is 9.93. The maximum absolute atomic E-state index is 13.6. The number of phosphoric ester groups is 1. The van der Waals surface area contributed by atoms with E-state index >= 15 is 0 Å². The molecule has 2 aliphatic heterocycles. The highest BCUT2D eigenvalue weighted by Crippen LogP contribution is 2.59. The number of nitrogen functional groups attached to an aromatic ring is 1. The SMILES string of the molecule is CC(=O)O[C@@H]1[C@@H]2OP(=O)(OCc3ccccc3C(=O)OC(C)C)OC[C@H]2O[C@@]1(C)c1ccc2c(N)ncnn12. The first-order valence-corrected chi connectivity index (χ1v) is 13.8. The molecule has 14 heteroatoms. The Hall–Kier alpha value is -3.35. The Labute approximate surface area is 224 Å². The number of aromatic nitrogens is 3. The topological polar surface area (TPSA) is 163 Å². The van der Waals surface area contributed by atoms with Crippen LogP contribution in [-0.2, 0) is 49.3 Å². The first kappa shape index (κ1) is 27.2. The van der Waals surface area contributed by atoms with Gasteiger partial charge in [-0.25, -0.2) is 18.9 Å². The van der Waals surface area contributed by atoms with Crippen LogP contribution in [0.3, 0.4) is 0 Å². The fourth-order valence-electron chi connectivity index (χ4n) is 4.79. The predicted molar refractivity (Wildman–Crippen MR) is 135 cm³/mol. The molecule has 0 spiro atoms. The smallest absolute Gasteiger partial charge is 0.459 e. The predicted octanol–water partition coefficient (Wildman–Crippen LogP) is 3.16. The van der Waals surface area contributed by atoms with Crippen molar-refractivity contribution in [2.24, 2.45) is 0 Å². The molecule has 13 nitrogen and oxygen atoms in total. The number of ether oxygens (including phenoxy) is 3. The number of benzene rings is 1. The minimum Gasteiger partial charge on any atom is -0.459 e. The van der Waals surface area contributed by atoms with Crippen molar-refractivity contribution in [2.45, 2.75) is 64.3 Å². The average molecular weight is 561 g/mol. The number of nitrogens with two attached hydrogens (primary N) is 1. The second-order valence-electron chi connectivity index (χ2n) is 9.65. The van der Waals surface area contributed by atoms with Gasteiger partial charge in [-0.05, 0) is 44.5 Å². The monoisotopic (exact) mass is 560 g/mol. The van der Waals surface area contributed by atoms with Crippen molar-refractivity contribution in [3.05, 3.63) is 59.5 Å². The minimum absolute atomic E-state index is 0.160. The third kappa shape index (κ3) is 5.15. The lowest BCUT2D eigenvalue weighted by molar-refractivity contribution is -0.160. The molecule has 3 aromatic rings. The summed E-state index contributed by atoms with van der Waals surface area (Å²) >= 11 is 0. The van der Waals surface area contributed by atoms with E-state index in [1.807, 2.05) is 0 Å². The summed E-state index contributed by atoms with van der Waals surface area (Å²) < 4.78 is 49.4. The summed E-state index contributed by atoms with van der Waals surface area (Å²) in [5.74, 6) is -0.866. The molecule has 0 amide bonds. The number of carbonyl (C=O) groups is 2. The van der Waals surface area contributed by atoms with Gasteiger partial charge in [-0.3, -0.25) is 18.4 Å². The molecule has 39 heavy (non-hydrogen) atoms. The van der Waals surface area contributed by atoms with E-state index in [1.54, 1.807) is 61.7 Å². The van der Waals surface area contributed by atoms with Gasteiger partial charge in [-0.15, -0.1) is 0 Å². The van der Waals surface area contributed by atoms with Gasteiger partial charge in [-0.1, -0.05) is 18.2 Å². The standard InChI is InChI=1S/C25H29N4O9P/c1-14(2)35-24(31)17-8-6-5-7-16(17)11-33-39(32)34-12-19-21(38-39)22(36-15(3)30)25(4,37-19)20-10-9-18-23(26)27-13-28-29(18)20/h5-10,13-14,19,21-22H,11-12H2,1-4H3,(H2,26,27,28)/t19-,21-,22-,25+,39?/m1/s1. The maximum atomic E-state index is 13.6. The van der Waals surface area contributed by atoms with Crippen molar-refractivity contribution >= 4 is 31.1 Å². The molecular formula is C25H29N4O9P. The van der Waals surface area contributed by atoms with Crippen LogP contribution in [0.25, 0.3) is 5.52 Å². The van der Waals surface area contributed by atoms with Gasteiger partial charge >= 0.3 is 19.8 Å². The molecule has 1 aromatic carbocycles. The zero-order chi connectivity index (χ0) is 27.9. The number of hydrogen-bond acceptors (Lipinski definition) is 12. The van der Waals surface area contributed by atoms with Crippen LogP contribution in [0.1, 0.15) is 49.3 Å². The Morgan fingerprint density at radius 3 is 2.77 bits per heavy atom. The molecule has 1 unspecified atom stereocenters. The van der Waals surface area contributed by atoms with Crippen LogP contribution in [0.15, 0.2) is 42.7 Å². The molecular weight excluding hydrogens is 531 g/mol. The highest BCUT2D eigenvalue weighted by atomic mass is 31.2. The number of phosphoric acid groups is 1. The summed E-state index contributed by atoms with van der Waals surface area (Å²) in [7, 11) is -4.17. The molecule has 2 aromatic heterocycles. The molecule has 2 aliphatic rings. The van der Waals surface area contributed by atoms with Gasteiger partial charge in [0.25, 0.3) is 0 Å². The van der Waals surface area contributed by atoms with Crippen molar-refractivity contribution in [2.75, 3.05) is 12.3 Å². The van der Waals surface area contributed by atoms with Gasteiger partial charge < -0.3 is 19.9 Å². The molecule has 2 fully saturated rings. The number of rotatable bonds is 7. The highest BCUT2D eigenvalue weighted by Gasteiger charge is 2.61. The molecule has 0 radical (unpaired) electrons. The highest BCUT2D eigenvalue weighted by molar-refractivity contribution is 7.48. The van der Waals surface area contributed by atoms with Crippen molar-refractivity contribution < 1.29 is 41.9 Å². The van der Waals surface area contributed by atoms with Crippen molar-refractivity contribution in [3.8, 4) is 0 Å². The van der Waals surface area contributed by atoms with E-state index in [9.17, 15) is 14.2 Å². The number of hydrogen-bond donors (Lipinski definition) is 1. The third-order valence-electron chi connectivity index (χ3n) is 6.49. The van der Waals surface area contributed by atoms with Crippen LogP contribution in [0.5, 0.6) is 0 Å². The summed E-state index contributed by atoms with van der Waals surface area (Å²) in [6.45, 7) is 6.04. The zero-order valence-electron chi connectivity index (χ0n) is 21.8. The van der Waals surface area contributed by atoms with Crippen LogP contribution in [0.2, 0.25) is 0 Å². The molecule has 5 rings (SSSR count). The summed E-state index contributed by atoms with van der Waals surface area (Å²) in [5.41, 5.74) is 6.47. The lowest BCUT2D eigenvalue weighted by Gasteiger charge is -2.33. The Morgan fingerprint density at radius 2 is 2.03 bits per heavy atom. The Bertz CT molecular complexity index is 1460. The summed E-state index contributed by atoms with van der Waals surface area (Å²) in [6, 6.07) is 10.1. The van der Waals surface area contributed by atoms with Crippen LogP contribution >= 0.6 is 7.82 Å². The number of anilines is 1. The van der Waals surface area contributed by atoms with Crippen LogP contribution in [0, 0.1) is 0 Å². The van der Waals surface area contributed by atoms with Gasteiger partial charge in [0.2, 0.25) is 0 Å². The Morgan fingerprint density at radius 1 is 1.26 bits per heavy atom. The zero-order valence-corrected chi connectivity index (χ0v) is 22.7. The molecule has 0 aliphatic carbocycles. The van der Waals surface area contributed by atoms with E-state index in [0.29, 0.717) is 16.8 Å². The van der Waals surface area contributed by atoms with Crippen LogP contribution < -0.4 is 5.73 Å². The van der Waals surface area contributed by atoms with Crippen LogP contribution in [0.4, 0.5) is 5.82 Å². The number of fused-ring (bicyclic) bond motifs is 2. The molecule has 2 saturated heterocycles. The number of carbonyl (C=O) groups excluding carboxylic acids is 2. The summed E-state index contributed by atoms with van der Waals surface area (Å²) in [4.78, 5) is 28.6. The van der Waals surface area contributed by atoms with E-state index in [4.69, 9.17) is 33.5 Å². The third-order valence-corrected chi connectivity index (χ3v) is 7.91. The van der Waals surface area contributed by atoms with Crippen LogP contribution in [-0.4, -0.2) is 57.6 Å². The number of esters is 2. The molecule has 0 bridgehead atoms. The largest absolute Gasteiger partial charge is 0.475 e. The Balaban J connectivity index is 1.40. The van der Waals surface area contributed by atoms with Gasteiger partial charge in [0.15, 0.2) is 11.9 Å². The fourth-order valence-corrected chi connectivity index (χ4v) is 6.15. The van der Waals surface area contributed by atoms with Crippen molar-refractivity contribution in [3.63, 3.8) is 0 Å². The summed E-state index contributed by atoms with van der Waals surface area (Å²) in [6.07, 6.45) is -1.80. The van der Waals surface area contributed by atoms with E-state index in [1.165, 1.54) is 13.3 Å². The van der Waals surface area contributed by atoms with E-state index < -0.39 is 43.7 Å². The summed E-state index contributed by atoms with van der Waals surface area (Å²) in [5, 5.41) is 4.27. The second kappa shape index (κ2) is 10.3. The van der Waals surface area contributed by atoms with Gasteiger partial charge in [0, 0.05) is 6.92 Å². The fraction of sp³-hybridized carbons (Fsp3) is 0.440. The molecule has 0 saturated carbocycles. The van der Waals surface area contributed by atoms with E-state index in [-0.39, 0.29) is 30.7 Å². The maximum Gasteiger partial charge on any atom is 0.475 e. The minimum atomic E-state index is -4.17. The number of nitrogens with zero attached hydrogens (tertiary/aromatic N) is 3. The van der Waals surface area contributed by atoms with E-state index in [2.05, 4.69) is 10.1 Å². The average Bonchev–Trinajstić information content (AvgIpc) is 3.43. The van der Waals surface area contributed by atoms with Crippen molar-refractivity contribution in [1.82, 2.24) is 14.6 Å². The van der Waals surface area contributed by atoms with Gasteiger partial charge in [0.05, 0.1) is 30.6 Å². The Kier molecular flexibility index (Phi) is 7.21. The van der Waals surface area contributed by atoms with Gasteiger partial charge in [0.1, 0.15) is 29.7 Å². The first-order chi connectivity index (χ1) is 18.5.